The summed E-state index contributed by atoms with van der Waals surface area (Å²) in [6, 6.07) is 0. The van der Waals surface area contributed by atoms with Crippen LogP contribution in [-0.2, 0) is 4.79 Å². The molecule has 0 aromatic rings. The number of carbonyl (C=O) groups is 1. The predicted octanol–water partition coefficient (Wildman–Crippen LogP) is 6.28. The Kier molecular flexibility index (Phi) is 15.8. The van der Waals surface area contributed by atoms with Gasteiger partial charge < -0.3 is 15.5 Å². The molecular weight excluding hydrogens is 302 g/mol. The number of amides is 1. The molecule has 0 saturated heterocycles. The van der Waals surface area contributed by atoms with Gasteiger partial charge in [-0.05, 0) is 19.3 Å². The molecular formula is C20H39NO3. The maximum atomic E-state index is 11.9. The first-order valence-electron chi connectivity index (χ1n) is 10.0. The normalized spacial score (nSPS) is 10.6. The number of hydrogen-bond donors (Lipinski definition) is 3. The van der Waals surface area contributed by atoms with Gasteiger partial charge in [0, 0.05) is 6.42 Å². The number of carbonyl (C=O) groups excluding carboxylic acids is 1. The third-order valence-electron chi connectivity index (χ3n) is 4.35. The lowest BCUT2D eigenvalue weighted by Gasteiger charge is -2.10. The van der Waals surface area contributed by atoms with Crippen LogP contribution in [-0.4, -0.2) is 16.1 Å². The van der Waals surface area contributed by atoms with E-state index < -0.39 is 5.95 Å². The Hall–Kier alpha value is -1.19. The molecule has 24 heavy (non-hydrogen) atoms. The monoisotopic (exact) mass is 341 g/mol. The van der Waals surface area contributed by atoms with Crippen LogP contribution in [0.5, 0.6) is 0 Å². The molecule has 3 N–H and O–H groups in total. The van der Waals surface area contributed by atoms with E-state index in [-0.39, 0.29) is 11.6 Å². The molecule has 4 nitrogen and oxygen atoms in total. The second-order valence-corrected chi connectivity index (χ2v) is 6.74. The number of hydrogen-bond acceptors (Lipinski definition) is 3. The van der Waals surface area contributed by atoms with Gasteiger partial charge in [0.15, 0.2) is 0 Å². The molecule has 0 heterocycles. The molecule has 0 bridgehead atoms. The van der Waals surface area contributed by atoms with Gasteiger partial charge in [-0.3, -0.25) is 4.79 Å². The van der Waals surface area contributed by atoms with Crippen LogP contribution in [0.1, 0.15) is 110 Å². The lowest BCUT2D eigenvalue weighted by Crippen LogP contribution is -2.24. The summed E-state index contributed by atoms with van der Waals surface area (Å²) in [6.45, 7) is 4.38. The van der Waals surface area contributed by atoms with E-state index in [1.807, 2.05) is 0 Å². The van der Waals surface area contributed by atoms with E-state index >= 15 is 0 Å². The predicted molar refractivity (Wildman–Crippen MR) is 101 cm³/mol. The van der Waals surface area contributed by atoms with E-state index in [1.54, 1.807) is 0 Å². The van der Waals surface area contributed by atoms with Crippen LogP contribution in [0.15, 0.2) is 11.6 Å². The van der Waals surface area contributed by atoms with E-state index in [0.717, 1.165) is 32.1 Å². The molecule has 0 rings (SSSR count). The van der Waals surface area contributed by atoms with Crippen molar-refractivity contribution in [2.24, 2.45) is 0 Å². The van der Waals surface area contributed by atoms with Gasteiger partial charge in [0.05, 0.1) is 5.70 Å². The van der Waals surface area contributed by atoms with Crippen LogP contribution in [0.25, 0.3) is 0 Å². The van der Waals surface area contributed by atoms with E-state index in [0.29, 0.717) is 12.8 Å². The van der Waals surface area contributed by atoms with E-state index in [4.69, 9.17) is 0 Å². The van der Waals surface area contributed by atoms with Gasteiger partial charge in [0.2, 0.25) is 5.91 Å². The number of rotatable bonds is 16. The fraction of sp³-hybridized carbons (Fsp3) is 0.850. The first kappa shape index (κ1) is 22.8. The molecule has 0 aliphatic carbocycles. The van der Waals surface area contributed by atoms with Crippen LogP contribution in [0.2, 0.25) is 0 Å². The first-order chi connectivity index (χ1) is 11.6. The SMILES string of the molecule is CCCCCCCCCCC(NC(=O)CCCCCCC)=C(O)O. The van der Waals surface area contributed by atoms with Crippen LogP contribution in [0.3, 0.4) is 0 Å². The minimum absolute atomic E-state index is 0.110. The van der Waals surface area contributed by atoms with Crippen LogP contribution < -0.4 is 5.32 Å². The maximum Gasteiger partial charge on any atom is 0.294 e. The summed E-state index contributed by atoms with van der Waals surface area (Å²) in [7, 11) is 0. The molecule has 0 aromatic carbocycles. The van der Waals surface area contributed by atoms with Crippen molar-refractivity contribution in [2.75, 3.05) is 0 Å². The quantitative estimate of drug-likeness (QED) is 0.228. The van der Waals surface area contributed by atoms with Crippen molar-refractivity contribution in [1.82, 2.24) is 5.32 Å². The van der Waals surface area contributed by atoms with Crippen LogP contribution >= 0.6 is 0 Å². The van der Waals surface area contributed by atoms with Crippen LogP contribution in [0, 0.1) is 0 Å². The summed E-state index contributed by atoms with van der Waals surface area (Å²) < 4.78 is 0. The molecule has 0 aromatic heterocycles. The van der Waals surface area contributed by atoms with Gasteiger partial charge in [-0.2, -0.15) is 0 Å². The fourth-order valence-corrected chi connectivity index (χ4v) is 2.79. The van der Waals surface area contributed by atoms with Gasteiger partial charge in [-0.15, -0.1) is 0 Å². The zero-order valence-corrected chi connectivity index (χ0v) is 15.9. The first-order valence-corrected chi connectivity index (χ1v) is 10.0. The molecule has 0 aliphatic rings. The van der Waals surface area contributed by atoms with E-state index in [2.05, 4.69) is 19.2 Å². The van der Waals surface area contributed by atoms with E-state index in [1.165, 1.54) is 51.4 Å². The molecule has 0 fully saturated rings. The van der Waals surface area contributed by atoms with Crippen molar-refractivity contribution in [3.63, 3.8) is 0 Å². The van der Waals surface area contributed by atoms with Gasteiger partial charge in [0.25, 0.3) is 5.95 Å². The van der Waals surface area contributed by atoms with Crippen molar-refractivity contribution in [1.29, 1.82) is 0 Å². The topological polar surface area (TPSA) is 69.6 Å². The highest BCUT2D eigenvalue weighted by Gasteiger charge is 2.09. The molecule has 0 aliphatic heterocycles. The average molecular weight is 342 g/mol. The number of nitrogens with one attached hydrogen (secondary N) is 1. The largest absolute Gasteiger partial charge is 0.480 e. The number of unbranched alkanes of at least 4 members (excludes halogenated alkanes) is 11. The maximum absolute atomic E-state index is 11.9. The van der Waals surface area contributed by atoms with Crippen molar-refractivity contribution < 1.29 is 15.0 Å². The Morgan fingerprint density at radius 1 is 0.667 bits per heavy atom. The Balaban J connectivity index is 3.78. The summed E-state index contributed by atoms with van der Waals surface area (Å²) in [5, 5.41) is 21.3. The van der Waals surface area contributed by atoms with Gasteiger partial charge in [0.1, 0.15) is 0 Å². The molecule has 0 unspecified atom stereocenters. The molecule has 4 heteroatoms. The molecule has 0 saturated carbocycles. The standard InChI is InChI=1S/C20H39NO3/c1-3-5-7-9-10-11-13-14-16-18(20(23)24)21-19(22)17-15-12-8-6-4-2/h23-24H,3-17H2,1-2H3,(H,21,22). The zero-order chi connectivity index (χ0) is 18.0. The molecule has 0 radical (unpaired) electrons. The van der Waals surface area contributed by atoms with Crippen LogP contribution in [0.4, 0.5) is 0 Å². The fourth-order valence-electron chi connectivity index (χ4n) is 2.79. The lowest BCUT2D eigenvalue weighted by atomic mass is 10.1. The Morgan fingerprint density at radius 2 is 1.08 bits per heavy atom. The lowest BCUT2D eigenvalue weighted by molar-refractivity contribution is -0.120. The summed E-state index contributed by atoms with van der Waals surface area (Å²) in [5.74, 6) is -0.848. The van der Waals surface area contributed by atoms with Crippen molar-refractivity contribution in [2.45, 2.75) is 110 Å². The van der Waals surface area contributed by atoms with Crippen molar-refractivity contribution in [3.8, 4) is 0 Å². The molecule has 0 spiro atoms. The summed E-state index contributed by atoms with van der Waals surface area (Å²) in [5.41, 5.74) is 0.277. The molecule has 1 amide bonds. The minimum Gasteiger partial charge on any atom is -0.480 e. The summed E-state index contributed by atoms with van der Waals surface area (Å²) >= 11 is 0. The van der Waals surface area contributed by atoms with Crippen molar-refractivity contribution >= 4 is 5.91 Å². The van der Waals surface area contributed by atoms with E-state index in [9.17, 15) is 15.0 Å². The third kappa shape index (κ3) is 14.4. The van der Waals surface area contributed by atoms with Gasteiger partial charge in [-0.25, -0.2) is 0 Å². The molecule has 0 atom stereocenters. The Morgan fingerprint density at radius 3 is 1.54 bits per heavy atom. The Bertz CT molecular complexity index is 336. The smallest absolute Gasteiger partial charge is 0.294 e. The molecule has 142 valence electrons. The van der Waals surface area contributed by atoms with Gasteiger partial charge in [-0.1, -0.05) is 84.5 Å². The highest BCUT2D eigenvalue weighted by molar-refractivity contribution is 5.77. The highest BCUT2D eigenvalue weighted by Crippen LogP contribution is 2.13. The zero-order valence-electron chi connectivity index (χ0n) is 15.9. The number of aliphatic hydroxyl groups is 2. The second kappa shape index (κ2) is 16.7. The second-order valence-electron chi connectivity index (χ2n) is 6.74. The Labute approximate surface area is 148 Å². The average Bonchev–Trinajstić information content (AvgIpc) is 2.55. The number of aliphatic hydroxyl groups excluding tert-OH is 1. The summed E-state index contributed by atoms with van der Waals surface area (Å²) in [4.78, 5) is 11.9. The number of allylic oxidation sites excluding steroid dienone is 1. The minimum atomic E-state index is -0.739. The van der Waals surface area contributed by atoms with Crippen molar-refractivity contribution in [3.05, 3.63) is 11.6 Å². The third-order valence-corrected chi connectivity index (χ3v) is 4.35. The highest BCUT2D eigenvalue weighted by atomic mass is 16.5. The summed E-state index contributed by atoms with van der Waals surface area (Å²) in [6.07, 6.45) is 16.0. The van der Waals surface area contributed by atoms with Gasteiger partial charge >= 0.3 is 0 Å².